The van der Waals surface area contributed by atoms with Crippen molar-refractivity contribution in [1.82, 2.24) is 0 Å². The van der Waals surface area contributed by atoms with Crippen LogP contribution in [0.2, 0.25) is 0 Å². The van der Waals surface area contributed by atoms with Gasteiger partial charge in [-0.05, 0) is 0 Å². The second-order valence-corrected chi connectivity index (χ2v) is 2.18. The molecule has 0 spiro atoms. The van der Waals surface area contributed by atoms with Gasteiger partial charge in [0.2, 0.25) is 0 Å². The van der Waals surface area contributed by atoms with Crippen LogP contribution in [0.1, 0.15) is 0 Å². The molecular formula is C3F6Se. The summed E-state index contributed by atoms with van der Waals surface area (Å²) in [6, 6.07) is 0. The number of alkyl halides is 6. The van der Waals surface area contributed by atoms with Crippen LogP contribution < -0.4 is 0 Å². The van der Waals surface area contributed by atoms with Crippen LogP contribution in [0.15, 0.2) is 0 Å². The molecule has 60 valence electrons. The summed E-state index contributed by atoms with van der Waals surface area (Å²) < 4.78 is 64.4. The van der Waals surface area contributed by atoms with Gasteiger partial charge in [-0.3, -0.25) is 0 Å². The van der Waals surface area contributed by atoms with E-state index < -0.39 is 16.8 Å². The molecule has 0 aliphatic heterocycles. The van der Waals surface area contributed by atoms with Crippen molar-refractivity contribution >= 4 is 20.0 Å². The van der Waals surface area contributed by atoms with E-state index in [0.29, 0.717) is 0 Å². The molecule has 0 rings (SSSR count). The quantitative estimate of drug-likeness (QED) is 0.435. The van der Waals surface area contributed by atoms with E-state index in [1.54, 1.807) is 0 Å². The zero-order valence-corrected chi connectivity index (χ0v) is 5.89. The average Bonchev–Trinajstić information content (AvgIpc) is 1.59. The Hall–Kier alpha value is -0.0305. The van der Waals surface area contributed by atoms with Crippen LogP contribution in [0, 0.1) is 0 Å². The fourth-order valence-corrected chi connectivity index (χ4v) is 0.161. The first-order valence-electron chi connectivity index (χ1n) is 1.84. The summed E-state index contributed by atoms with van der Waals surface area (Å²) in [7, 11) is 0. The molecular weight excluding hydrogens is 229 g/mol. The summed E-state index contributed by atoms with van der Waals surface area (Å²) in [6.07, 6.45) is -10.6. The second-order valence-electron chi connectivity index (χ2n) is 1.32. The molecule has 0 saturated carbocycles. The van der Waals surface area contributed by atoms with Gasteiger partial charge in [-0.15, -0.1) is 0 Å². The number of hydrogen-bond donors (Lipinski definition) is 0. The van der Waals surface area contributed by atoms with Crippen LogP contribution in [0.4, 0.5) is 26.3 Å². The van der Waals surface area contributed by atoms with Gasteiger partial charge in [0.25, 0.3) is 0 Å². The van der Waals surface area contributed by atoms with E-state index in [0.717, 1.165) is 15.6 Å². The van der Waals surface area contributed by atoms with E-state index in [1.807, 2.05) is 0 Å². The SMILES string of the molecule is FC(F)(F)C(=[Se])C(F)(F)F. The molecule has 10 heavy (non-hydrogen) atoms. The molecule has 0 radical (unpaired) electrons. The molecule has 0 aromatic carbocycles. The number of halogens is 6. The molecule has 0 N–H and O–H groups in total. The molecule has 0 atom stereocenters. The van der Waals surface area contributed by atoms with Gasteiger partial charge >= 0.3 is 58.7 Å². The summed E-state index contributed by atoms with van der Waals surface area (Å²) in [6.45, 7) is 0. The molecule has 0 aromatic rings. The van der Waals surface area contributed by atoms with Gasteiger partial charge in [0.1, 0.15) is 0 Å². The van der Waals surface area contributed by atoms with Crippen molar-refractivity contribution in [2.75, 3.05) is 0 Å². The van der Waals surface area contributed by atoms with Gasteiger partial charge in [0.15, 0.2) is 0 Å². The third-order valence-corrected chi connectivity index (χ3v) is 1.49. The third kappa shape index (κ3) is 2.70. The Morgan fingerprint density at radius 3 is 1.00 bits per heavy atom. The predicted molar refractivity (Wildman–Crippen MR) is 22.9 cm³/mol. The summed E-state index contributed by atoms with van der Waals surface area (Å²) in [5.74, 6) is 0. The van der Waals surface area contributed by atoms with Crippen LogP contribution in [-0.4, -0.2) is 32.3 Å². The first-order valence-corrected chi connectivity index (χ1v) is 2.69. The van der Waals surface area contributed by atoms with Crippen LogP contribution in [-0.2, 0) is 0 Å². The van der Waals surface area contributed by atoms with E-state index in [9.17, 15) is 26.3 Å². The van der Waals surface area contributed by atoms with E-state index in [4.69, 9.17) is 0 Å². The molecule has 0 unspecified atom stereocenters. The predicted octanol–water partition coefficient (Wildman–Crippen LogP) is 1.45. The molecule has 0 aliphatic rings. The van der Waals surface area contributed by atoms with Gasteiger partial charge in [0, 0.05) is 0 Å². The van der Waals surface area contributed by atoms with E-state index >= 15 is 0 Å². The van der Waals surface area contributed by atoms with Crippen molar-refractivity contribution in [3.05, 3.63) is 0 Å². The molecule has 0 fully saturated rings. The van der Waals surface area contributed by atoms with Gasteiger partial charge in [0.05, 0.1) is 0 Å². The minimum absolute atomic E-state index is 0.924. The van der Waals surface area contributed by atoms with E-state index in [-0.39, 0.29) is 0 Å². The Kier molecular flexibility index (Phi) is 2.53. The zero-order chi connectivity index (χ0) is 8.58. The number of hydrogen-bond acceptors (Lipinski definition) is 0. The van der Waals surface area contributed by atoms with Crippen molar-refractivity contribution in [3.8, 4) is 0 Å². The molecule has 0 amide bonds. The average molecular weight is 229 g/mol. The van der Waals surface area contributed by atoms with Crippen molar-refractivity contribution in [3.63, 3.8) is 0 Å². The maximum atomic E-state index is 11.2. The molecule has 0 aromatic heterocycles. The van der Waals surface area contributed by atoms with Gasteiger partial charge in [-0.1, -0.05) is 0 Å². The maximum absolute atomic E-state index is 11.2. The van der Waals surface area contributed by atoms with Crippen molar-refractivity contribution < 1.29 is 26.3 Å². The van der Waals surface area contributed by atoms with Crippen molar-refractivity contribution in [2.45, 2.75) is 12.4 Å². The van der Waals surface area contributed by atoms with Gasteiger partial charge < -0.3 is 0 Å². The standard InChI is InChI=1S/C3F6Se/c4-2(5,6)1(10)3(7,8)9. The Morgan fingerprint density at radius 2 is 1.00 bits per heavy atom. The van der Waals surface area contributed by atoms with Gasteiger partial charge in [-0.25, -0.2) is 0 Å². The first-order chi connectivity index (χ1) is 4.15. The van der Waals surface area contributed by atoms with Crippen molar-refractivity contribution in [1.29, 1.82) is 0 Å². The summed E-state index contributed by atoms with van der Waals surface area (Å²) >= 11 is 0.924. The number of rotatable bonds is 0. The van der Waals surface area contributed by atoms with Crippen LogP contribution >= 0.6 is 0 Å². The third-order valence-electron chi connectivity index (χ3n) is 0.515. The molecule has 0 aliphatic carbocycles. The summed E-state index contributed by atoms with van der Waals surface area (Å²) in [5.41, 5.74) is 0. The van der Waals surface area contributed by atoms with Gasteiger partial charge in [-0.2, -0.15) is 0 Å². The summed E-state index contributed by atoms with van der Waals surface area (Å²) in [5, 5.41) is 0. The normalized spacial score (nSPS) is 13.4. The van der Waals surface area contributed by atoms with Crippen LogP contribution in [0.3, 0.4) is 0 Å². The Morgan fingerprint density at radius 1 is 0.800 bits per heavy atom. The zero-order valence-electron chi connectivity index (χ0n) is 4.18. The first kappa shape index (κ1) is 9.97. The van der Waals surface area contributed by atoms with Crippen LogP contribution in [0.5, 0.6) is 0 Å². The molecule has 0 bridgehead atoms. The monoisotopic (exact) mass is 230 g/mol. The van der Waals surface area contributed by atoms with Crippen molar-refractivity contribution in [2.24, 2.45) is 0 Å². The van der Waals surface area contributed by atoms with Crippen LogP contribution in [0.25, 0.3) is 0 Å². The molecule has 0 nitrogen and oxygen atoms in total. The fraction of sp³-hybridized carbons (Fsp3) is 0.667. The minimum atomic E-state index is -5.32. The second kappa shape index (κ2) is 2.54. The molecule has 7 heteroatoms. The Labute approximate surface area is 59.6 Å². The fourth-order valence-electron chi connectivity index (χ4n) is 0.161. The molecule has 0 saturated heterocycles. The molecule has 0 heterocycles. The Balaban J connectivity index is 4.40. The topological polar surface area (TPSA) is 0 Å². The van der Waals surface area contributed by atoms with E-state index in [2.05, 4.69) is 0 Å². The summed E-state index contributed by atoms with van der Waals surface area (Å²) in [4.78, 5) is 0. The Bertz CT molecular complexity index is 124. The van der Waals surface area contributed by atoms with E-state index in [1.165, 1.54) is 0 Å².